The maximum Gasteiger partial charge on any atom is 0.278 e. The summed E-state index contributed by atoms with van der Waals surface area (Å²) in [6.45, 7) is 0.143. The highest BCUT2D eigenvalue weighted by molar-refractivity contribution is 7.11. The van der Waals surface area contributed by atoms with Crippen molar-refractivity contribution in [2.45, 2.75) is 6.54 Å². The van der Waals surface area contributed by atoms with Crippen molar-refractivity contribution in [3.8, 4) is 11.5 Å². The van der Waals surface area contributed by atoms with E-state index in [1.54, 1.807) is 49.6 Å². The summed E-state index contributed by atoms with van der Waals surface area (Å²) in [5.41, 5.74) is 1.86. The van der Waals surface area contributed by atoms with Crippen LogP contribution >= 0.6 is 22.9 Å². The Kier molecular flexibility index (Phi) is 5.97. The van der Waals surface area contributed by atoms with Crippen LogP contribution in [0.5, 0.6) is 11.5 Å². The Labute approximate surface area is 188 Å². The van der Waals surface area contributed by atoms with Gasteiger partial charge in [-0.2, -0.15) is 0 Å². The minimum absolute atomic E-state index is 0.143. The van der Waals surface area contributed by atoms with Crippen LogP contribution in [0.1, 0.15) is 10.4 Å². The van der Waals surface area contributed by atoms with Crippen molar-refractivity contribution in [3.63, 3.8) is 0 Å². The van der Waals surface area contributed by atoms with Crippen LogP contribution in [0, 0.1) is 0 Å². The average molecular weight is 455 g/mol. The third kappa shape index (κ3) is 4.15. The van der Waals surface area contributed by atoms with E-state index >= 15 is 0 Å². The Bertz CT molecular complexity index is 1160. The number of benzene rings is 2. The molecule has 0 radical (unpaired) electrons. The van der Waals surface area contributed by atoms with Crippen LogP contribution in [0.25, 0.3) is 5.57 Å². The first kappa shape index (κ1) is 21.0. The van der Waals surface area contributed by atoms with Gasteiger partial charge in [0.25, 0.3) is 11.8 Å². The first-order chi connectivity index (χ1) is 15.0. The lowest BCUT2D eigenvalue weighted by atomic mass is 10.1. The first-order valence-corrected chi connectivity index (χ1v) is 10.7. The number of halogens is 1. The van der Waals surface area contributed by atoms with Crippen molar-refractivity contribution in [3.05, 3.63) is 81.1 Å². The Morgan fingerprint density at radius 3 is 2.42 bits per heavy atom. The molecule has 2 amide bonds. The number of anilines is 1. The van der Waals surface area contributed by atoms with E-state index in [2.05, 4.69) is 5.32 Å². The molecule has 0 saturated carbocycles. The van der Waals surface area contributed by atoms with Gasteiger partial charge in [0, 0.05) is 16.0 Å². The summed E-state index contributed by atoms with van der Waals surface area (Å²) >= 11 is 7.35. The summed E-state index contributed by atoms with van der Waals surface area (Å²) in [4.78, 5) is 28.6. The minimum atomic E-state index is -0.409. The minimum Gasteiger partial charge on any atom is -0.497 e. The van der Waals surface area contributed by atoms with Gasteiger partial charge in [-0.1, -0.05) is 29.8 Å². The van der Waals surface area contributed by atoms with Crippen LogP contribution in [0.2, 0.25) is 5.02 Å². The predicted molar refractivity (Wildman–Crippen MR) is 121 cm³/mol. The lowest BCUT2D eigenvalue weighted by Gasteiger charge is -2.16. The summed E-state index contributed by atoms with van der Waals surface area (Å²) in [5, 5.41) is 5.58. The van der Waals surface area contributed by atoms with Crippen LogP contribution in [-0.4, -0.2) is 30.9 Å². The molecule has 0 aliphatic carbocycles. The second-order valence-electron chi connectivity index (χ2n) is 6.74. The molecule has 2 aromatic carbocycles. The molecule has 0 atom stereocenters. The zero-order chi connectivity index (χ0) is 22.0. The van der Waals surface area contributed by atoms with Gasteiger partial charge in [-0.3, -0.25) is 14.5 Å². The van der Waals surface area contributed by atoms with Gasteiger partial charge in [0.2, 0.25) is 0 Å². The third-order valence-corrected chi connectivity index (χ3v) is 6.00. The van der Waals surface area contributed by atoms with Gasteiger partial charge < -0.3 is 14.8 Å². The Morgan fingerprint density at radius 1 is 1.00 bits per heavy atom. The summed E-state index contributed by atoms with van der Waals surface area (Å²) in [5.74, 6) is 0.353. The highest BCUT2D eigenvalue weighted by Gasteiger charge is 2.40. The van der Waals surface area contributed by atoms with E-state index in [-0.39, 0.29) is 18.1 Å². The first-order valence-electron chi connectivity index (χ1n) is 9.39. The largest absolute Gasteiger partial charge is 0.497 e. The number of hydrogen-bond donors (Lipinski definition) is 1. The average Bonchev–Trinajstić information content (AvgIpc) is 3.38. The second kappa shape index (κ2) is 8.83. The fraction of sp³-hybridized carbons (Fsp3) is 0.130. The topological polar surface area (TPSA) is 67.9 Å². The van der Waals surface area contributed by atoms with Crippen molar-refractivity contribution in [2.75, 3.05) is 19.5 Å². The maximum absolute atomic E-state index is 13.3. The number of nitrogens with zero attached hydrogens (tertiary/aromatic N) is 1. The summed E-state index contributed by atoms with van der Waals surface area (Å²) in [6.07, 6.45) is 0. The molecule has 6 nitrogen and oxygen atoms in total. The number of carbonyl (C=O) groups is 2. The lowest BCUT2D eigenvalue weighted by molar-refractivity contribution is -0.137. The molecular weight excluding hydrogens is 436 g/mol. The molecule has 31 heavy (non-hydrogen) atoms. The third-order valence-electron chi connectivity index (χ3n) is 4.86. The van der Waals surface area contributed by atoms with E-state index in [0.717, 1.165) is 5.56 Å². The van der Waals surface area contributed by atoms with E-state index in [9.17, 15) is 9.59 Å². The van der Waals surface area contributed by atoms with Crippen molar-refractivity contribution in [1.82, 2.24) is 4.90 Å². The molecule has 0 spiro atoms. The molecule has 8 heteroatoms. The highest BCUT2D eigenvalue weighted by atomic mass is 35.5. The number of rotatable bonds is 7. The molecule has 2 heterocycles. The van der Waals surface area contributed by atoms with E-state index in [1.165, 1.54) is 23.3 Å². The van der Waals surface area contributed by atoms with Crippen molar-refractivity contribution in [1.29, 1.82) is 0 Å². The number of imide groups is 1. The summed E-state index contributed by atoms with van der Waals surface area (Å²) in [7, 11) is 3.09. The number of ether oxygens (including phenoxy) is 2. The van der Waals surface area contributed by atoms with Crippen LogP contribution in [-0.2, 0) is 16.1 Å². The van der Waals surface area contributed by atoms with E-state index < -0.39 is 5.91 Å². The quantitative estimate of drug-likeness (QED) is 0.519. The maximum atomic E-state index is 13.3. The Morgan fingerprint density at radius 2 is 1.77 bits per heavy atom. The Balaban J connectivity index is 1.73. The smallest absolute Gasteiger partial charge is 0.278 e. The van der Waals surface area contributed by atoms with Crippen molar-refractivity contribution < 1.29 is 19.1 Å². The molecule has 0 bridgehead atoms. The summed E-state index contributed by atoms with van der Waals surface area (Å²) in [6, 6.07) is 15.9. The molecule has 1 aliphatic rings. The molecule has 0 saturated heterocycles. The molecular formula is C23H19ClN2O4S. The van der Waals surface area contributed by atoms with Crippen LogP contribution < -0.4 is 14.8 Å². The van der Waals surface area contributed by atoms with Gasteiger partial charge in [-0.25, -0.2) is 0 Å². The molecule has 1 aliphatic heterocycles. The molecule has 3 aromatic rings. The van der Waals surface area contributed by atoms with Crippen LogP contribution in [0.4, 0.5) is 5.69 Å². The standard InChI is InChI=1S/C23H19ClN2O4S/c1-29-16-9-10-18(30-2)17(12-16)25-21-20(19-4-3-11-31-19)22(27)26(23(21)28)13-14-5-7-15(24)8-6-14/h3-12,25H,13H2,1-2H3. The zero-order valence-electron chi connectivity index (χ0n) is 16.8. The van der Waals surface area contributed by atoms with Gasteiger partial charge in [-0.15, -0.1) is 11.3 Å². The van der Waals surface area contributed by atoms with Crippen molar-refractivity contribution >= 4 is 46.0 Å². The fourth-order valence-electron chi connectivity index (χ4n) is 3.30. The Hall–Kier alpha value is -3.29. The van der Waals surface area contributed by atoms with Gasteiger partial charge in [0.05, 0.1) is 32.0 Å². The van der Waals surface area contributed by atoms with E-state index in [1.807, 2.05) is 17.5 Å². The predicted octanol–water partition coefficient (Wildman–Crippen LogP) is 4.81. The zero-order valence-corrected chi connectivity index (χ0v) is 18.4. The molecule has 1 aromatic heterocycles. The number of thiophene rings is 1. The van der Waals surface area contributed by atoms with Crippen molar-refractivity contribution in [2.24, 2.45) is 0 Å². The number of hydrogen-bond acceptors (Lipinski definition) is 6. The van der Waals surface area contributed by atoms with Gasteiger partial charge in [-0.05, 0) is 41.3 Å². The lowest BCUT2D eigenvalue weighted by Crippen LogP contribution is -2.31. The molecule has 1 N–H and O–H groups in total. The molecule has 158 valence electrons. The number of carbonyl (C=O) groups excluding carboxylic acids is 2. The van der Waals surface area contributed by atoms with Crippen LogP contribution in [0.3, 0.4) is 0 Å². The van der Waals surface area contributed by atoms with E-state index in [4.69, 9.17) is 21.1 Å². The highest BCUT2D eigenvalue weighted by Crippen LogP contribution is 2.36. The van der Waals surface area contributed by atoms with Crippen LogP contribution in [0.15, 0.2) is 65.7 Å². The van der Waals surface area contributed by atoms with Gasteiger partial charge >= 0.3 is 0 Å². The molecule has 0 fully saturated rings. The normalized spacial score (nSPS) is 13.7. The van der Waals surface area contributed by atoms with Gasteiger partial charge in [0.15, 0.2) is 0 Å². The van der Waals surface area contributed by atoms with Gasteiger partial charge in [0.1, 0.15) is 17.2 Å². The number of amides is 2. The second-order valence-corrected chi connectivity index (χ2v) is 8.13. The monoisotopic (exact) mass is 454 g/mol. The number of nitrogens with one attached hydrogen (secondary N) is 1. The van der Waals surface area contributed by atoms with E-state index in [0.29, 0.717) is 32.7 Å². The summed E-state index contributed by atoms with van der Waals surface area (Å²) < 4.78 is 10.7. The fourth-order valence-corrected chi connectivity index (χ4v) is 4.20. The SMILES string of the molecule is COc1ccc(OC)c(NC2=C(c3cccs3)C(=O)N(Cc3ccc(Cl)cc3)C2=O)c1. The molecule has 4 rings (SSSR count). The number of methoxy groups -OCH3 is 2. The molecule has 0 unspecified atom stereocenters.